The van der Waals surface area contributed by atoms with Gasteiger partial charge in [-0.2, -0.15) is 0 Å². The molecule has 0 radical (unpaired) electrons. The number of nitrogens with zero attached hydrogens (tertiary/aromatic N) is 1. The van der Waals surface area contributed by atoms with E-state index >= 15 is 0 Å². The lowest BCUT2D eigenvalue weighted by molar-refractivity contribution is 0.0977. The molecule has 1 amide bonds. The number of rotatable bonds is 3. The number of aromatic nitrogens is 1. The molecule has 2 N–H and O–H groups in total. The minimum absolute atomic E-state index is 0.149. The van der Waals surface area contributed by atoms with E-state index in [0.717, 1.165) is 22.2 Å². The van der Waals surface area contributed by atoms with Crippen LogP contribution in [0.2, 0.25) is 5.02 Å². The maximum atomic E-state index is 12.5. The summed E-state index contributed by atoms with van der Waals surface area (Å²) in [7, 11) is 0. The maximum Gasteiger partial charge on any atom is 0.257 e. The molecule has 0 bridgehead atoms. The fourth-order valence-electron chi connectivity index (χ4n) is 3.18. The Labute approximate surface area is 184 Å². The van der Waals surface area contributed by atoms with Crippen molar-refractivity contribution in [2.75, 3.05) is 5.32 Å². The van der Waals surface area contributed by atoms with Crippen molar-refractivity contribution in [3.05, 3.63) is 82.4 Å². The number of carbonyl (C=O) groups excluding carboxylic acids is 1. The first-order valence-electron chi connectivity index (χ1n) is 9.25. The highest BCUT2D eigenvalue weighted by molar-refractivity contribution is 7.80. The molecule has 1 aromatic heterocycles. The van der Waals surface area contributed by atoms with Crippen LogP contribution in [-0.4, -0.2) is 16.0 Å². The second kappa shape index (κ2) is 8.26. The number of nitrogens with one attached hydrogen (secondary N) is 2. The summed E-state index contributed by atoms with van der Waals surface area (Å²) in [6.45, 7) is 3.88. The summed E-state index contributed by atoms with van der Waals surface area (Å²) >= 11 is 11.6. The zero-order chi connectivity index (χ0) is 21.3. The second-order valence-corrected chi connectivity index (χ2v) is 7.78. The molecule has 0 aliphatic carbocycles. The highest BCUT2D eigenvalue weighted by Gasteiger charge is 2.13. The van der Waals surface area contributed by atoms with Gasteiger partial charge in [0.25, 0.3) is 5.91 Å². The van der Waals surface area contributed by atoms with E-state index in [1.54, 1.807) is 12.1 Å². The largest absolute Gasteiger partial charge is 0.436 e. The number of para-hydroxylation sites is 2. The fourth-order valence-corrected chi connectivity index (χ4v) is 3.55. The number of oxazole rings is 1. The Morgan fingerprint density at radius 2 is 1.77 bits per heavy atom. The Hall–Kier alpha value is -3.22. The van der Waals surface area contributed by atoms with Crippen molar-refractivity contribution in [3.63, 3.8) is 0 Å². The van der Waals surface area contributed by atoms with E-state index in [4.69, 9.17) is 28.2 Å². The lowest BCUT2D eigenvalue weighted by Crippen LogP contribution is -2.34. The van der Waals surface area contributed by atoms with Crippen molar-refractivity contribution in [2.45, 2.75) is 13.8 Å². The lowest BCUT2D eigenvalue weighted by Gasteiger charge is -2.12. The number of aryl methyl sites for hydroxylation is 2. The van der Waals surface area contributed by atoms with Crippen molar-refractivity contribution < 1.29 is 9.21 Å². The molecule has 0 aliphatic heterocycles. The van der Waals surface area contributed by atoms with Gasteiger partial charge in [0, 0.05) is 11.1 Å². The summed E-state index contributed by atoms with van der Waals surface area (Å²) in [5, 5.41) is 6.28. The molecule has 0 saturated carbocycles. The first kappa shape index (κ1) is 20.1. The molecule has 150 valence electrons. The molecule has 0 atom stereocenters. The van der Waals surface area contributed by atoms with E-state index in [-0.39, 0.29) is 11.0 Å². The van der Waals surface area contributed by atoms with Crippen molar-refractivity contribution in [1.82, 2.24) is 10.3 Å². The van der Waals surface area contributed by atoms with Crippen LogP contribution in [0.3, 0.4) is 0 Å². The molecular formula is C23H18ClN3O2S. The summed E-state index contributed by atoms with van der Waals surface area (Å²) in [5.41, 5.74) is 5.31. The standard InChI is InChI=1S/C23H18ClN3O2S/c1-13-9-14(2)11-16(10-13)21(28)27-23(30)26-19-12-15(7-8-17(19)24)22-25-18-5-3-4-6-20(18)29-22/h3-12H,1-2H3,(H2,26,27,28,30). The Bertz CT molecular complexity index is 1230. The number of thiocarbonyl (C=S) groups is 1. The predicted octanol–water partition coefficient (Wildman–Crippen LogP) is 5.89. The van der Waals surface area contributed by atoms with Gasteiger partial charge in [-0.15, -0.1) is 0 Å². The van der Waals surface area contributed by atoms with Gasteiger partial charge in [-0.25, -0.2) is 4.98 Å². The molecule has 0 spiro atoms. The number of amides is 1. The molecule has 0 saturated heterocycles. The Kier molecular flexibility index (Phi) is 5.53. The van der Waals surface area contributed by atoms with Crippen LogP contribution < -0.4 is 10.6 Å². The minimum atomic E-state index is -0.287. The van der Waals surface area contributed by atoms with Crippen molar-refractivity contribution >= 4 is 51.6 Å². The van der Waals surface area contributed by atoms with Gasteiger partial charge < -0.3 is 9.73 Å². The molecule has 1 heterocycles. The number of hydrogen-bond donors (Lipinski definition) is 2. The van der Waals surface area contributed by atoms with Crippen molar-refractivity contribution in [2.24, 2.45) is 0 Å². The maximum absolute atomic E-state index is 12.5. The zero-order valence-corrected chi connectivity index (χ0v) is 17.9. The van der Waals surface area contributed by atoms with Crippen LogP contribution in [0.4, 0.5) is 5.69 Å². The Morgan fingerprint density at radius 1 is 1.03 bits per heavy atom. The minimum Gasteiger partial charge on any atom is -0.436 e. The number of benzene rings is 3. The molecule has 3 aromatic carbocycles. The summed E-state index contributed by atoms with van der Waals surface area (Å²) in [4.78, 5) is 17.0. The van der Waals surface area contributed by atoms with E-state index < -0.39 is 0 Å². The number of fused-ring (bicyclic) bond motifs is 1. The molecule has 0 fully saturated rings. The van der Waals surface area contributed by atoms with Crippen LogP contribution in [0.15, 0.2) is 65.1 Å². The number of hydrogen-bond acceptors (Lipinski definition) is 4. The topological polar surface area (TPSA) is 67.2 Å². The van der Waals surface area contributed by atoms with Crippen molar-refractivity contribution in [1.29, 1.82) is 0 Å². The molecule has 7 heteroatoms. The van der Waals surface area contributed by atoms with E-state index in [0.29, 0.717) is 27.7 Å². The van der Waals surface area contributed by atoms with Crippen molar-refractivity contribution in [3.8, 4) is 11.5 Å². The zero-order valence-electron chi connectivity index (χ0n) is 16.3. The van der Waals surface area contributed by atoms with Gasteiger partial charge in [0.05, 0.1) is 10.7 Å². The average Bonchev–Trinajstić information content (AvgIpc) is 3.13. The van der Waals surface area contributed by atoms with Gasteiger partial charge in [-0.1, -0.05) is 40.9 Å². The van der Waals surface area contributed by atoms with Gasteiger partial charge in [-0.3, -0.25) is 10.1 Å². The molecule has 0 unspecified atom stereocenters. The first-order valence-corrected chi connectivity index (χ1v) is 10.0. The van der Waals surface area contributed by atoms with E-state index in [1.165, 1.54) is 0 Å². The highest BCUT2D eigenvalue weighted by atomic mass is 35.5. The SMILES string of the molecule is Cc1cc(C)cc(C(=O)NC(=S)Nc2cc(-c3nc4ccccc4o3)ccc2Cl)c1. The number of carbonyl (C=O) groups is 1. The third kappa shape index (κ3) is 4.35. The van der Waals surface area contributed by atoms with Crippen LogP contribution in [0.1, 0.15) is 21.5 Å². The molecule has 5 nitrogen and oxygen atoms in total. The third-order valence-corrected chi connectivity index (χ3v) is 5.00. The van der Waals surface area contributed by atoms with Gasteiger partial charge >= 0.3 is 0 Å². The van der Waals surface area contributed by atoms with Gasteiger partial charge in [0.2, 0.25) is 5.89 Å². The second-order valence-electron chi connectivity index (χ2n) is 6.97. The molecule has 4 aromatic rings. The van der Waals surface area contributed by atoms with Crippen LogP contribution in [-0.2, 0) is 0 Å². The first-order chi connectivity index (χ1) is 14.4. The van der Waals surface area contributed by atoms with Crippen LogP contribution in [0, 0.1) is 13.8 Å². The molecular weight excluding hydrogens is 418 g/mol. The normalized spacial score (nSPS) is 10.8. The van der Waals surface area contributed by atoms with Crippen LogP contribution >= 0.6 is 23.8 Å². The van der Waals surface area contributed by atoms with Crippen LogP contribution in [0.25, 0.3) is 22.6 Å². The Balaban J connectivity index is 1.53. The summed E-state index contributed by atoms with van der Waals surface area (Å²) in [6.07, 6.45) is 0. The van der Waals surface area contributed by atoms with Crippen LogP contribution in [0.5, 0.6) is 0 Å². The van der Waals surface area contributed by atoms with E-state index in [1.807, 2.05) is 62.4 Å². The van der Waals surface area contributed by atoms with Gasteiger partial charge in [0.1, 0.15) is 5.52 Å². The molecule has 30 heavy (non-hydrogen) atoms. The summed E-state index contributed by atoms with van der Waals surface area (Å²) in [6, 6.07) is 18.5. The average molecular weight is 436 g/mol. The Morgan fingerprint density at radius 3 is 2.50 bits per heavy atom. The van der Waals surface area contributed by atoms with Gasteiger partial charge in [-0.05, 0) is 68.5 Å². The number of halogens is 1. The monoisotopic (exact) mass is 435 g/mol. The lowest BCUT2D eigenvalue weighted by atomic mass is 10.1. The highest BCUT2D eigenvalue weighted by Crippen LogP contribution is 2.30. The number of anilines is 1. The smallest absolute Gasteiger partial charge is 0.257 e. The molecule has 4 rings (SSSR count). The fraction of sp³-hybridized carbons (Fsp3) is 0.0870. The van der Waals surface area contributed by atoms with E-state index in [9.17, 15) is 4.79 Å². The predicted molar refractivity (Wildman–Crippen MR) is 124 cm³/mol. The van der Waals surface area contributed by atoms with E-state index in [2.05, 4.69) is 15.6 Å². The third-order valence-electron chi connectivity index (χ3n) is 4.47. The molecule has 0 aliphatic rings. The van der Waals surface area contributed by atoms with Gasteiger partial charge in [0.15, 0.2) is 10.7 Å². The quantitative estimate of drug-likeness (QED) is 0.392. The summed E-state index contributed by atoms with van der Waals surface area (Å²) in [5.74, 6) is 0.187. The summed E-state index contributed by atoms with van der Waals surface area (Å²) < 4.78 is 5.81.